The second-order valence-electron chi connectivity index (χ2n) is 2.83. The van der Waals surface area contributed by atoms with Gasteiger partial charge in [-0.25, -0.2) is 0 Å². The van der Waals surface area contributed by atoms with E-state index in [1.807, 2.05) is 12.1 Å². The first-order valence-corrected chi connectivity index (χ1v) is 4.20. The quantitative estimate of drug-likeness (QED) is 0.692. The molecule has 0 bridgehead atoms. The number of nitrogens with zero attached hydrogens (tertiary/aromatic N) is 2. The molecule has 0 saturated carbocycles. The van der Waals surface area contributed by atoms with Gasteiger partial charge >= 0.3 is 0 Å². The molecule has 0 amide bonds. The van der Waals surface area contributed by atoms with Crippen molar-refractivity contribution in [2.24, 2.45) is 0 Å². The predicted octanol–water partition coefficient (Wildman–Crippen LogP) is 1.45. The highest BCUT2D eigenvalue weighted by atomic mass is 16.5. The van der Waals surface area contributed by atoms with E-state index in [0.717, 1.165) is 0 Å². The number of rotatable bonds is 3. The van der Waals surface area contributed by atoms with E-state index in [4.69, 9.17) is 15.3 Å². The van der Waals surface area contributed by atoms with Crippen molar-refractivity contribution in [3.8, 4) is 17.9 Å². The van der Waals surface area contributed by atoms with Crippen LogP contribution in [0.3, 0.4) is 0 Å². The number of hydrogen-bond donors (Lipinski definition) is 0. The zero-order valence-corrected chi connectivity index (χ0v) is 8.15. The van der Waals surface area contributed by atoms with Crippen LogP contribution >= 0.6 is 0 Å². The van der Waals surface area contributed by atoms with Crippen molar-refractivity contribution in [2.45, 2.75) is 6.42 Å². The van der Waals surface area contributed by atoms with Crippen LogP contribution in [0, 0.1) is 22.7 Å². The third-order valence-corrected chi connectivity index (χ3v) is 1.93. The third-order valence-electron chi connectivity index (χ3n) is 1.93. The van der Waals surface area contributed by atoms with Crippen molar-refractivity contribution in [3.05, 3.63) is 28.8 Å². The van der Waals surface area contributed by atoms with E-state index in [-0.39, 0.29) is 17.5 Å². The van der Waals surface area contributed by atoms with Crippen molar-refractivity contribution >= 4 is 6.29 Å². The molecule has 0 radical (unpaired) electrons. The first-order chi connectivity index (χ1) is 7.26. The SMILES string of the molecule is COc1cc(CC#N)cc(C=O)c1C#N. The zero-order valence-electron chi connectivity index (χ0n) is 8.15. The van der Waals surface area contributed by atoms with Crippen molar-refractivity contribution < 1.29 is 9.53 Å². The summed E-state index contributed by atoms with van der Waals surface area (Å²) in [7, 11) is 1.42. The number of benzene rings is 1. The highest BCUT2D eigenvalue weighted by Gasteiger charge is 2.10. The maximum absolute atomic E-state index is 10.7. The summed E-state index contributed by atoms with van der Waals surface area (Å²) in [4.78, 5) is 10.7. The van der Waals surface area contributed by atoms with Crippen molar-refractivity contribution in [3.63, 3.8) is 0 Å². The largest absolute Gasteiger partial charge is 0.495 e. The average Bonchev–Trinajstić information content (AvgIpc) is 2.28. The molecule has 15 heavy (non-hydrogen) atoms. The highest BCUT2D eigenvalue weighted by Crippen LogP contribution is 2.23. The summed E-state index contributed by atoms with van der Waals surface area (Å²) >= 11 is 0. The van der Waals surface area contributed by atoms with Gasteiger partial charge in [-0.2, -0.15) is 10.5 Å². The lowest BCUT2D eigenvalue weighted by atomic mass is 10.0. The van der Waals surface area contributed by atoms with Gasteiger partial charge in [0.1, 0.15) is 17.4 Å². The maximum Gasteiger partial charge on any atom is 0.151 e. The lowest BCUT2D eigenvalue weighted by Crippen LogP contribution is -1.96. The van der Waals surface area contributed by atoms with E-state index in [1.54, 1.807) is 6.07 Å². The lowest BCUT2D eigenvalue weighted by molar-refractivity contribution is 0.112. The Kier molecular flexibility index (Phi) is 3.43. The van der Waals surface area contributed by atoms with Crippen molar-refractivity contribution in [1.82, 2.24) is 0 Å². The summed E-state index contributed by atoms with van der Waals surface area (Å²) in [5.74, 6) is 0.326. The molecular weight excluding hydrogens is 192 g/mol. The number of hydrogen-bond acceptors (Lipinski definition) is 4. The van der Waals surface area contributed by atoms with Gasteiger partial charge < -0.3 is 4.74 Å². The van der Waals surface area contributed by atoms with E-state index in [2.05, 4.69) is 0 Å². The maximum atomic E-state index is 10.7. The molecule has 0 fully saturated rings. The van der Waals surface area contributed by atoms with Crippen LogP contribution in [0.5, 0.6) is 5.75 Å². The Morgan fingerprint density at radius 3 is 2.67 bits per heavy atom. The normalized spacial score (nSPS) is 8.73. The Balaban J connectivity index is 3.38. The highest BCUT2D eigenvalue weighted by molar-refractivity contribution is 5.81. The predicted molar refractivity (Wildman–Crippen MR) is 52.4 cm³/mol. The Morgan fingerprint density at radius 1 is 1.47 bits per heavy atom. The molecule has 0 aliphatic heterocycles. The fraction of sp³-hybridized carbons (Fsp3) is 0.182. The number of carbonyl (C=O) groups excluding carboxylic acids is 1. The Hall–Kier alpha value is -2.33. The van der Waals surface area contributed by atoms with Gasteiger partial charge in [-0.05, 0) is 17.7 Å². The van der Waals surface area contributed by atoms with Gasteiger partial charge in [0, 0.05) is 5.56 Å². The molecule has 0 saturated heterocycles. The fourth-order valence-corrected chi connectivity index (χ4v) is 1.26. The summed E-state index contributed by atoms with van der Waals surface area (Å²) < 4.78 is 4.97. The van der Waals surface area contributed by atoms with Gasteiger partial charge in [0.15, 0.2) is 6.29 Å². The van der Waals surface area contributed by atoms with Crippen LogP contribution in [-0.4, -0.2) is 13.4 Å². The van der Waals surface area contributed by atoms with Crippen molar-refractivity contribution in [2.75, 3.05) is 7.11 Å². The Morgan fingerprint density at radius 2 is 2.20 bits per heavy atom. The van der Waals surface area contributed by atoms with E-state index >= 15 is 0 Å². The number of nitriles is 2. The molecule has 1 rings (SSSR count). The molecule has 74 valence electrons. The number of ether oxygens (including phenoxy) is 1. The van der Waals surface area contributed by atoms with E-state index in [9.17, 15) is 4.79 Å². The molecule has 0 aliphatic rings. The fourth-order valence-electron chi connectivity index (χ4n) is 1.26. The van der Waals surface area contributed by atoms with Crippen LogP contribution in [0.1, 0.15) is 21.5 Å². The third kappa shape index (κ3) is 2.12. The average molecular weight is 200 g/mol. The van der Waals surface area contributed by atoms with E-state index in [1.165, 1.54) is 13.2 Å². The molecule has 0 N–H and O–H groups in total. The Bertz CT molecular complexity index is 467. The molecule has 4 heteroatoms. The molecule has 1 aromatic rings. The van der Waals surface area contributed by atoms with Crippen LogP contribution in [0.2, 0.25) is 0 Å². The van der Waals surface area contributed by atoms with Gasteiger partial charge in [-0.1, -0.05) is 0 Å². The van der Waals surface area contributed by atoms with E-state index in [0.29, 0.717) is 17.6 Å². The summed E-state index contributed by atoms with van der Waals surface area (Å²) in [5.41, 5.74) is 1.12. The van der Waals surface area contributed by atoms with Gasteiger partial charge in [0.2, 0.25) is 0 Å². The summed E-state index contributed by atoms with van der Waals surface area (Å²) in [6.07, 6.45) is 0.769. The molecule has 0 aliphatic carbocycles. The lowest BCUT2D eigenvalue weighted by Gasteiger charge is -2.06. The number of methoxy groups -OCH3 is 1. The first-order valence-electron chi connectivity index (χ1n) is 4.20. The van der Waals surface area contributed by atoms with Crippen molar-refractivity contribution in [1.29, 1.82) is 10.5 Å². The summed E-state index contributed by atoms with van der Waals surface area (Å²) in [6, 6.07) is 6.98. The molecule has 1 aromatic carbocycles. The summed E-state index contributed by atoms with van der Waals surface area (Å²) in [6.45, 7) is 0. The monoisotopic (exact) mass is 200 g/mol. The van der Waals surface area contributed by atoms with Gasteiger partial charge in [-0.15, -0.1) is 0 Å². The first kappa shape index (κ1) is 10.7. The van der Waals surface area contributed by atoms with Gasteiger partial charge in [-0.3, -0.25) is 4.79 Å². The van der Waals surface area contributed by atoms with Crippen LogP contribution in [0.15, 0.2) is 12.1 Å². The minimum Gasteiger partial charge on any atom is -0.495 e. The number of aldehydes is 1. The molecular formula is C11H8N2O2. The van der Waals surface area contributed by atoms with Crippen LogP contribution in [0.4, 0.5) is 0 Å². The second kappa shape index (κ2) is 4.78. The molecule has 0 spiro atoms. The van der Waals surface area contributed by atoms with Gasteiger partial charge in [0.25, 0.3) is 0 Å². The zero-order chi connectivity index (χ0) is 11.3. The molecule has 0 aromatic heterocycles. The number of carbonyl (C=O) groups is 1. The van der Waals surface area contributed by atoms with E-state index < -0.39 is 0 Å². The molecule has 0 heterocycles. The Labute approximate surface area is 87.3 Å². The minimum absolute atomic E-state index is 0.183. The topological polar surface area (TPSA) is 73.9 Å². The van der Waals surface area contributed by atoms with Crippen LogP contribution in [-0.2, 0) is 6.42 Å². The van der Waals surface area contributed by atoms with Crippen LogP contribution < -0.4 is 4.74 Å². The molecule has 0 unspecified atom stereocenters. The smallest absolute Gasteiger partial charge is 0.151 e. The standard InChI is InChI=1S/C11H8N2O2/c1-15-11-5-8(2-3-12)4-9(7-14)10(11)6-13/h4-5,7H,2H2,1H3. The summed E-state index contributed by atoms with van der Waals surface area (Å²) in [5, 5.41) is 17.4. The van der Waals surface area contributed by atoms with Gasteiger partial charge in [0.05, 0.1) is 19.6 Å². The molecule has 0 atom stereocenters. The molecule has 4 nitrogen and oxygen atoms in total. The minimum atomic E-state index is 0.183. The second-order valence-corrected chi connectivity index (χ2v) is 2.83. The van der Waals surface area contributed by atoms with Crippen LogP contribution in [0.25, 0.3) is 0 Å².